The molecule has 10 heteroatoms. The number of aryl methyl sites for hydroxylation is 1. The van der Waals surface area contributed by atoms with Crippen LogP contribution in [0.5, 0.6) is 0 Å². The molecule has 4 rings (SSSR count). The first-order valence-corrected chi connectivity index (χ1v) is 10.1. The van der Waals surface area contributed by atoms with Crippen molar-refractivity contribution < 1.29 is 12.8 Å². The maximum absolute atomic E-state index is 14.5. The van der Waals surface area contributed by atoms with Crippen LogP contribution in [0.3, 0.4) is 0 Å². The quantitative estimate of drug-likeness (QED) is 0.553. The van der Waals surface area contributed by atoms with Gasteiger partial charge in [0.15, 0.2) is 0 Å². The topological polar surface area (TPSA) is 89.8 Å². The van der Waals surface area contributed by atoms with Gasteiger partial charge in [0.1, 0.15) is 33.6 Å². The average molecular weight is 403 g/mol. The van der Waals surface area contributed by atoms with Gasteiger partial charge in [-0.2, -0.15) is 13.5 Å². The minimum Gasteiger partial charge on any atom is -0.336 e. The molecule has 2 heterocycles. The summed E-state index contributed by atoms with van der Waals surface area (Å²) in [5.41, 5.74) is 0.948. The first-order chi connectivity index (χ1) is 13.0. The zero-order chi connectivity index (χ0) is 19.0. The minimum absolute atomic E-state index is 0.00991. The highest BCUT2D eigenvalue weighted by Crippen LogP contribution is 2.27. The number of fused-ring (bicyclic) bond motifs is 1. The third-order valence-electron chi connectivity index (χ3n) is 4.14. The lowest BCUT2D eigenvalue weighted by atomic mass is 10.1. The molecule has 1 N–H and O–H groups in total. The lowest BCUT2D eigenvalue weighted by Crippen LogP contribution is -2.32. The summed E-state index contributed by atoms with van der Waals surface area (Å²) in [4.78, 5) is 4.20. The van der Waals surface area contributed by atoms with Crippen molar-refractivity contribution in [1.82, 2.24) is 23.0 Å². The van der Waals surface area contributed by atoms with E-state index in [2.05, 4.69) is 18.5 Å². The highest BCUT2D eigenvalue weighted by molar-refractivity contribution is 7.89. The lowest BCUT2D eigenvalue weighted by Gasteiger charge is -2.19. The molecule has 27 heavy (non-hydrogen) atoms. The second-order valence-electron chi connectivity index (χ2n) is 5.86. The van der Waals surface area contributed by atoms with Gasteiger partial charge in [0.05, 0.1) is 11.7 Å². The smallest absolute Gasteiger partial charge is 0.243 e. The Morgan fingerprint density at radius 2 is 1.96 bits per heavy atom. The molecule has 4 aromatic rings. The van der Waals surface area contributed by atoms with E-state index in [9.17, 15) is 12.8 Å². The van der Waals surface area contributed by atoms with Crippen molar-refractivity contribution in [2.24, 2.45) is 7.05 Å². The summed E-state index contributed by atoms with van der Waals surface area (Å²) in [5.74, 6) is -0.158. The Labute approximate surface area is 158 Å². The number of hydrogen-bond donors (Lipinski definition) is 1. The summed E-state index contributed by atoms with van der Waals surface area (Å²) >= 11 is 0.932. The highest BCUT2D eigenvalue weighted by Gasteiger charge is 2.29. The van der Waals surface area contributed by atoms with Gasteiger partial charge in [-0.15, -0.1) is 0 Å². The molecule has 0 saturated carbocycles. The summed E-state index contributed by atoms with van der Waals surface area (Å²) in [5, 5.41) is 0. The van der Waals surface area contributed by atoms with E-state index in [0.29, 0.717) is 11.3 Å². The van der Waals surface area contributed by atoms with Crippen molar-refractivity contribution in [2.45, 2.75) is 10.9 Å². The Kier molecular flexibility index (Phi) is 4.46. The third kappa shape index (κ3) is 3.22. The number of imidazole rings is 1. The van der Waals surface area contributed by atoms with Crippen molar-refractivity contribution in [1.29, 1.82) is 0 Å². The molecule has 138 valence electrons. The number of halogens is 1. The van der Waals surface area contributed by atoms with Crippen LogP contribution >= 0.6 is 11.7 Å². The number of aromatic nitrogens is 4. The molecule has 0 unspecified atom stereocenters. The molecular weight excluding hydrogens is 389 g/mol. The molecule has 7 nitrogen and oxygen atoms in total. The predicted octanol–water partition coefficient (Wildman–Crippen LogP) is 2.63. The van der Waals surface area contributed by atoms with Crippen LogP contribution in [0.4, 0.5) is 4.39 Å². The van der Waals surface area contributed by atoms with Crippen LogP contribution in [0.25, 0.3) is 11.0 Å². The number of rotatable bonds is 5. The van der Waals surface area contributed by atoms with Crippen LogP contribution in [0.1, 0.15) is 17.4 Å². The molecule has 2 aromatic heterocycles. The van der Waals surface area contributed by atoms with E-state index in [1.54, 1.807) is 42.1 Å². The van der Waals surface area contributed by atoms with Gasteiger partial charge in [-0.3, -0.25) is 0 Å². The van der Waals surface area contributed by atoms with Gasteiger partial charge < -0.3 is 4.57 Å². The Morgan fingerprint density at radius 1 is 1.15 bits per heavy atom. The Hall–Kier alpha value is -2.69. The first-order valence-electron chi connectivity index (χ1n) is 7.92. The van der Waals surface area contributed by atoms with Crippen LogP contribution in [0, 0.1) is 5.82 Å². The third-order valence-corrected chi connectivity index (χ3v) is 6.14. The molecule has 0 spiro atoms. The van der Waals surface area contributed by atoms with E-state index in [1.807, 2.05) is 0 Å². The largest absolute Gasteiger partial charge is 0.336 e. The SMILES string of the molecule is Cn1ccnc1[C@@H](NS(=O)(=O)c1cccc2nsnc12)c1ccccc1F. The average Bonchev–Trinajstić information content (AvgIpc) is 3.28. The summed E-state index contributed by atoms with van der Waals surface area (Å²) in [6, 6.07) is 9.73. The highest BCUT2D eigenvalue weighted by atomic mass is 32.2. The molecule has 2 aromatic carbocycles. The van der Waals surface area contributed by atoms with Crippen molar-refractivity contribution in [3.63, 3.8) is 0 Å². The molecular formula is C17H14FN5O2S2. The van der Waals surface area contributed by atoms with Crippen LogP contribution in [-0.2, 0) is 17.1 Å². The molecule has 1 atom stereocenters. The Morgan fingerprint density at radius 3 is 2.70 bits per heavy atom. The van der Waals surface area contributed by atoms with Crippen LogP contribution < -0.4 is 4.72 Å². The molecule has 0 aliphatic heterocycles. The second-order valence-corrected chi connectivity index (χ2v) is 8.07. The number of sulfonamides is 1. The minimum atomic E-state index is -4.03. The van der Waals surface area contributed by atoms with E-state index in [1.165, 1.54) is 24.4 Å². The van der Waals surface area contributed by atoms with Crippen molar-refractivity contribution >= 4 is 32.8 Å². The molecule has 0 aliphatic rings. The zero-order valence-corrected chi connectivity index (χ0v) is 15.7. The molecule has 0 bridgehead atoms. The van der Waals surface area contributed by atoms with Gasteiger partial charge in [0, 0.05) is 25.0 Å². The van der Waals surface area contributed by atoms with Gasteiger partial charge in [-0.05, 0) is 18.2 Å². The van der Waals surface area contributed by atoms with Crippen molar-refractivity contribution in [2.75, 3.05) is 0 Å². The number of nitrogens with one attached hydrogen (secondary N) is 1. The van der Waals surface area contributed by atoms with E-state index in [-0.39, 0.29) is 16.0 Å². The number of hydrogen-bond acceptors (Lipinski definition) is 6. The normalized spacial score (nSPS) is 13.1. The molecule has 0 saturated heterocycles. The molecule has 0 amide bonds. The summed E-state index contributed by atoms with van der Waals surface area (Å²) < 4.78 is 53.0. The first kappa shape index (κ1) is 17.7. The summed E-state index contributed by atoms with van der Waals surface area (Å²) in [6.07, 6.45) is 3.20. The maximum Gasteiger partial charge on any atom is 0.243 e. The van der Waals surface area contributed by atoms with Crippen molar-refractivity contribution in [3.05, 3.63) is 72.1 Å². The van der Waals surface area contributed by atoms with E-state index >= 15 is 0 Å². The number of nitrogens with zero attached hydrogens (tertiary/aromatic N) is 4. The molecule has 0 fully saturated rings. The van der Waals surface area contributed by atoms with Gasteiger partial charge in [0.25, 0.3) is 0 Å². The van der Waals surface area contributed by atoms with Crippen molar-refractivity contribution in [3.8, 4) is 0 Å². The van der Waals surface area contributed by atoms with Crippen LogP contribution in [0.15, 0.2) is 59.8 Å². The number of benzene rings is 2. The van der Waals surface area contributed by atoms with E-state index in [4.69, 9.17) is 0 Å². The predicted molar refractivity (Wildman–Crippen MR) is 99.2 cm³/mol. The van der Waals surface area contributed by atoms with Crippen LogP contribution in [0.2, 0.25) is 0 Å². The van der Waals surface area contributed by atoms with Crippen LogP contribution in [-0.4, -0.2) is 26.7 Å². The van der Waals surface area contributed by atoms with Gasteiger partial charge in [0.2, 0.25) is 10.0 Å². The van der Waals surface area contributed by atoms with E-state index in [0.717, 1.165) is 11.7 Å². The monoisotopic (exact) mass is 403 g/mol. The fraction of sp³-hybridized carbons (Fsp3) is 0.118. The summed E-state index contributed by atoms with van der Waals surface area (Å²) in [7, 11) is -2.31. The fourth-order valence-electron chi connectivity index (χ4n) is 2.84. The van der Waals surface area contributed by atoms with E-state index < -0.39 is 21.9 Å². The fourth-order valence-corrected chi connectivity index (χ4v) is 4.78. The molecule has 0 radical (unpaired) electrons. The standard InChI is InChI=1S/C17H14FN5O2S2/c1-23-10-9-19-17(23)15(11-5-2-3-6-12(11)18)22-27(24,25)14-8-4-7-13-16(14)21-26-20-13/h2-10,15,22H,1H3/t15-/m0/s1. The molecule has 0 aliphatic carbocycles. The Bertz CT molecular complexity index is 1220. The Balaban J connectivity index is 1.84. The lowest BCUT2D eigenvalue weighted by molar-refractivity contribution is 0.545. The van der Waals surface area contributed by atoms with Gasteiger partial charge >= 0.3 is 0 Å². The summed E-state index contributed by atoms with van der Waals surface area (Å²) in [6.45, 7) is 0. The zero-order valence-electron chi connectivity index (χ0n) is 14.1. The second kappa shape index (κ2) is 6.80. The van der Waals surface area contributed by atoms with Gasteiger partial charge in [-0.25, -0.2) is 17.8 Å². The van der Waals surface area contributed by atoms with Gasteiger partial charge in [-0.1, -0.05) is 24.3 Å². The maximum atomic E-state index is 14.5.